The van der Waals surface area contributed by atoms with Crippen LogP contribution in [0.25, 0.3) is 0 Å². The highest BCUT2D eigenvalue weighted by atomic mass is 35.5. The molecule has 1 fully saturated rings. The molecule has 11 heteroatoms. The fourth-order valence-corrected chi connectivity index (χ4v) is 4.90. The summed E-state index contributed by atoms with van der Waals surface area (Å²) < 4.78 is 26.9. The van der Waals surface area contributed by atoms with Crippen molar-refractivity contribution in [1.82, 2.24) is 19.8 Å². The van der Waals surface area contributed by atoms with Crippen LogP contribution in [0.1, 0.15) is 5.56 Å². The van der Waals surface area contributed by atoms with Gasteiger partial charge in [0, 0.05) is 55.9 Å². The molecular weight excluding hydrogens is 475 g/mol. The van der Waals surface area contributed by atoms with Gasteiger partial charge in [0.1, 0.15) is 0 Å². The summed E-state index contributed by atoms with van der Waals surface area (Å²) in [7, 11) is -3.56. The van der Waals surface area contributed by atoms with Crippen LogP contribution < -0.4 is 10.6 Å². The van der Waals surface area contributed by atoms with E-state index in [2.05, 4.69) is 10.6 Å². The van der Waals surface area contributed by atoms with Crippen LogP contribution in [0.5, 0.6) is 0 Å². The average molecular weight is 499 g/mol. The Balaban J connectivity index is 1.37. The first-order valence-electron chi connectivity index (χ1n) is 10.0. The minimum absolute atomic E-state index is 0.215. The lowest BCUT2D eigenvalue weighted by Crippen LogP contribution is -2.50. The van der Waals surface area contributed by atoms with Gasteiger partial charge in [-0.2, -0.15) is 4.31 Å². The molecule has 2 aromatic carbocycles. The van der Waals surface area contributed by atoms with Gasteiger partial charge in [-0.3, -0.25) is 14.5 Å². The third kappa shape index (κ3) is 6.66. The number of sulfonamides is 1. The fourth-order valence-electron chi connectivity index (χ4n) is 3.22. The normalized spacial score (nSPS) is 15.3. The Morgan fingerprint density at radius 1 is 0.812 bits per heavy atom. The topological polar surface area (TPSA) is 98.8 Å². The SMILES string of the molecule is O=C(NCCN1CCN(S(=O)(=O)c2ccc(Cl)cc2)CC1)C(=O)NCc1ccc(Cl)cc1. The first-order chi connectivity index (χ1) is 15.3. The molecule has 172 valence electrons. The molecule has 32 heavy (non-hydrogen) atoms. The molecule has 0 aromatic heterocycles. The van der Waals surface area contributed by atoms with Crippen LogP contribution in [-0.2, 0) is 26.2 Å². The van der Waals surface area contributed by atoms with E-state index in [0.29, 0.717) is 42.8 Å². The Labute approximate surface area is 197 Å². The molecule has 0 atom stereocenters. The van der Waals surface area contributed by atoms with Crippen LogP contribution in [0.15, 0.2) is 53.4 Å². The lowest BCUT2D eigenvalue weighted by molar-refractivity contribution is -0.139. The molecule has 2 amide bonds. The van der Waals surface area contributed by atoms with E-state index in [1.807, 2.05) is 4.90 Å². The predicted octanol–water partition coefficient (Wildman–Crippen LogP) is 1.73. The van der Waals surface area contributed by atoms with Crippen LogP contribution >= 0.6 is 23.2 Å². The van der Waals surface area contributed by atoms with Gasteiger partial charge >= 0.3 is 11.8 Å². The third-order valence-corrected chi connectivity index (χ3v) is 7.49. The van der Waals surface area contributed by atoms with Gasteiger partial charge in [0.05, 0.1) is 4.90 Å². The Kier molecular flexibility index (Phi) is 8.50. The smallest absolute Gasteiger partial charge is 0.309 e. The highest BCUT2D eigenvalue weighted by molar-refractivity contribution is 7.89. The van der Waals surface area contributed by atoms with E-state index in [4.69, 9.17) is 23.2 Å². The zero-order valence-electron chi connectivity index (χ0n) is 17.3. The summed E-state index contributed by atoms with van der Waals surface area (Å²) in [6, 6.07) is 13.1. The number of piperazine rings is 1. The fraction of sp³-hybridized carbons (Fsp3) is 0.333. The van der Waals surface area contributed by atoms with Gasteiger partial charge in [-0.1, -0.05) is 35.3 Å². The molecule has 0 unspecified atom stereocenters. The van der Waals surface area contributed by atoms with Gasteiger partial charge in [-0.15, -0.1) is 0 Å². The number of hydrogen-bond acceptors (Lipinski definition) is 5. The largest absolute Gasteiger partial charge is 0.347 e. The maximum atomic E-state index is 12.7. The molecule has 1 saturated heterocycles. The Hall–Kier alpha value is -2.17. The molecule has 1 heterocycles. The van der Waals surface area contributed by atoms with Crippen molar-refractivity contribution in [2.75, 3.05) is 39.3 Å². The standard InChI is InChI=1S/C21H24Cl2N4O4S/c22-17-3-1-16(2-4-17)15-25-21(29)20(28)24-9-10-26-11-13-27(14-12-26)32(30,31)19-7-5-18(23)6-8-19/h1-8H,9-15H2,(H,24,28)(H,25,29). The maximum absolute atomic E-state index is 12.7. The summed E-state index contributed by atoms with van der Waals surface area (Å²) in [5.74, 6) is -1.42. The number of hydrogen-bond donors (Lipinski definition) is 2. The van der Waals surface area contributed by atoms with Gasteiger partial charge in [-0.25, -0.2) is 8.42 Å². The molecular formula is C21H24Cl2N4O4S. The molecule has 0 saturated carbocycles. The summed E-state index contributed by atoms with van der Waals surface area (Å²) in [5, 5.41) is 6.23. The first-order valence-corrected chi connectivity index (χ1v) is 12.2. The predicted molar refractivity (Wildman–Crippen MR) is 123 cm³/mol. The summed E-state index contributed by atoms with van der Waals surface area (Å²) in [5.41, 5.74) is 0.835. The zero-order valence-corrected chi connectivity index (χ0v) is 19.6. The van der Waals surface area contributed by atoms with Gasteiger partial charge in [0.15, 0.2) is 0 Å². The van der Waals surface area contributed by atoms with Crippen molar-refractivity contribution in [3.8, 4) is 0 Å². The summed E-state index contributed by atoms with van der Waals surface area (Å²) in [6.07, 6.45) is 0. The molecule has 3 rings (SSSR count). The van der Waals surface area contributed by atoms with E-state index in [1.54, 1.807) is 36.4 Å². The zero-order chi connectivity index (χ0) is 23.1. The van der Waals surface area contributed by atoms with Crippen molar-refractivity contribution in [2.45, 2.75) is 11.4 Å². The third-order valence-electron chi connectivity index (χ3n) is 5.07. The lowest BCUT2D eigenvalue weighted by Gasteiger charge is -2.33. The molecule has 1 aliphatic rings. The Morgan fingerprint density at radius 3 is 1.94 bits per heavy atom. The van der Waals surface area contributed by atoms with E-state index in [9.17, 15) is 18.0 Å². The number of benzene rings is 2. The van der Waals surface area contributed by atoms with E-state index in [1.165, 1.54) is 16.4 Å². The van der Waals surface area contributed by atoms with Crippen LogP contribution in [0, 0.1) is 0 Å². The molecule has 0 spiro atoms. The lowest BCUT2D eigenvalue weighted by atomic mass is 10.2. The average Bonchev–Trinajstić information content (AvgIpc) is 2.79. The molecule has 2 N–H and O–H groups in total. The molecule has 2 aromatic rings. The van der Waals surface area contributed by atoms with Crippen molar-refractivity contribution < 1.29 is 18.0 Å². The quantitative estimate of drug-likeness (QED) is 0.566. The number of nitrogens with zero attached hydrogens (tertiary/aromatic N) is 2. The van der Waals surface area contributed by atoms with Crippen molar-refractivity contribution >= 4 is 45.0 Å². The number of carbonyl (C=O) groups is 2. The van der Waals surface area contributed by atoms with Gasteiger partial charge < -0.3 is 10.6 Å². The molecule has 8 nitrogen and oxygen atoms in total. The number of halogens is 2. The van der Waals surface area contributed by atoms with E-state index < -0.39 is 21.8 Å². The number of rotatable bonds is 7. The van der Waals surface area contributed by atoms with Crippen LogP contribution in [0.4, 0.5) is 0 Å². The number of carbonyl (C=O) groups excluding carboxylic acids is 2. The Morgan fingerprint density at radius 2 is 1.34 bits per heavy atom. The van der Waals surface area contributed by atoms with E-state index in [0.717, 1.165) is 5.56 Å². The maximum Gasteiger partial charge on any atom is 0.309 e. The molecule has 0 bridgehead atoms. The highest BCUT2D eigenvalue weighted by Gasteiger charge is 2.28. The van der Waals surface area contributed by atoms with Crippen molar-refractivity contribution in [2.24, 2.45) is 0 Å². The van der Waals surface area contributed by atoms with Crippen LogP contribution in [0.3, 0.4) is 0 Å². The molecule has 1 aliphatic heterocycles. The van der Waals surface area contributed by atoms with Crippen molar-refractivity contribution in [3.05, 3.63) is 64.1 Å². The molecule has 0 radical (unpaired) electrons. The van der Waals surface area contributed by atoms with Crippen LogP contribution in [0.2, 0.25) is 10.0 Å². The first kappa shape index (κ1) is 24.5. The molecule has 0 aliphatic carbocycles. The number of amides is 2. The summed E-state index contributed by atoms with van der Waals surface area (Å²) in [4.78, 5) is 26.2. The Bertz CT molecular complexity index is 1040. The van der Waals surface area contributed by atoms with Gasteiger partial charge in [0.25, 0.3) is 0 Å². The summed E-state index contributed by atoms with van der Waals surface area (Å²) in [6.45, 7) is 2.80. The minimum Gasteiger partial charge on any atom is -0.347 e. The highest BCUT2D eigenvalue weighted by Crippen LogP contribution is 2.19. The second-order valence-electron chi connectivity index (χ2n) is 7.26. The van der Waals surface area contributed by atoms with Gasteiger partial charge in [-0.05, 0) is 42.0 Å². The van der Waals surface area contributed by atoms with E-state index >= 15 is 0 Å². The van der Waals surface area contributed by atoms with Gasteiger partial charge in [0.2, 0.25) is 10.0 Å². The second kappa shape index (κ2) is 11.1. The second-order valence-corrected chi connectivity index (χ2v) is 10.1. The minimum atomic E-state index is -3.56. The van der Waals surface area contributed by atoms with Crippen LogP contribution in [-0.4, -0.2) is 68.7 Å². The summed E-state index contributed by atoms with van der Waals surface area (Å²) >= 11 is 11.7. The van der Waals surface area contributed by atoms with Crippen molar-refractivity contribution in [3.63, 3.8) is 0 Å². The van der Waals surface area contributed by atoms with E-state index in [-0.39, 0.29) is 18.0 Å². The van der Waals surface area contributed by atoms with Crippen molar-refractivity contribution in [1.29, 1.82) is 0 Å². The monoisotopic (exact) mass is 498 g/mol. The number of nitrogens with one attached hydrogen (secondary N) is 2.